The highest BCUT2D eigenvalue weighted by molar-refractivity contribution is 7.16. The van der Waals surface area contributed by atoms with Gasteiger partial charge in [0.2, 0.25) is 0 Å². The number of imidazole rings is 1. The molecule has 3 heterocycles. The van der Waals surface area contributed by atoms with Crippen LogP contribution < -0.4 is 24.7 Å². The van der Waals surface area contributed by atoms with Gasteiger partial charge in [-0.25, -0.2) is 4.98 Å². The smallest absolute Gasteiger partial charge is 0.262 e. The van der Waals surface area contributed by atoms with E-state index in [1.807, 2.05) is 35.8 Å². The van der Waals surface area contributed by atoms with Crippen LogP contribution in [0.5, 0.6) is 23.0 Å². The second kappa shape index (κ2) is 12.0. The molecule has 0 radical (unpaired) electrons. The van der Waals surface area contributed by atoms with Gasteiger partial charge in [0, 0.05) is 23.8 Å². The van der Waals surface area contributed by atoms with Crippen molar-refractivity contribution in [3.05, 3.63) is 58.2 Å². The van der Waals surface area contributed by atoms with E-state index in [-0.39, 0.29) is 0 Å². The summed E-state index contributed by atoms with van der Waals surface area (Å²) in [6.45, 7) is 4.66. The van der Waals surface area contributed by atoms with Crippen molar-refractivity contribution in [1.29, 1.82) is 0 Å². The second-order valence-corrected chi connectivity index (χ2v) is 11.3. The number of primary amides is 1. The number of rotatable bonds is 10. The lowest BCUT2D eigenvalue weighted by Gasteiger charge is -2.29. The zero-order chi connectivity index (χ0) is 28.4. The molecular weight excluding hydrogens is 552 g/mol. The number of carbonyl (C=O) groups excluding carboxylic acids is 1. The third-order valence-electron chi connectivity index (χ3n) is 7.25. The molecule has 11 heteroatoms. The van der Waals surface area contributed by atoms with Crippen molar-refractivity contribution >= 4 is 39.9 Å². The van der Waals surface area contributed by atoms with Crippen LogP contribution in [0.15, 0.2) is 42.7 Å². The summed E-state index contributed by atoms with van der Waals surface area (Å²) in [6.07, 6.45) is 3.42. The predicted molar refractivity (Wildman–Crippen MR) is 157 cm³/mol. The Bertz CT molecular complexity index is 1510. The van der Waals surface area contributed by atoms with E-state index in [0.717, 1.165) is 37.0 Å². The topological polar surface area (TPSA) is 101 Å². The van der Waals surface area contributed by atoms with Gasteiger partial charge < -0.3 is 29.6 Å². The van der Waals surface area contributed by atoms with Gasteiger partial charge in [-0.05, 0) is 51.9 Å². The summed E-state index contributed by atoms with van der Waals surface area (Å²) in [5, 5.41) is 1.22. The number of amides is 1. The van der Waals surface area contributed by atoms with Crippen LogP contribution in [0, 0.1) is 5.92 Å². The van der Waals surface area contributed by atoms with Crippen molar-refractivity contribution in [2.75, 3.05) is 41.0 Å². The van der Waals surface area contributed by atoms with Gasteiger partial charge in [0.25, 0.3) is 5.91 Å². The lowest BCUT2D eigenvalue weighted by molar-refractivity contribution is 0.0998. The number of piperidine rings is 1. The van der Waals surface area contributed by atoms with Gasteiger partial charge in [0.15, 0.2) is 11.5 Å². The standard InChI is InChI=1S/C29H33ClN4O5S/c1-17(19-6-5-7-22(27(19)30)38-15-18-8-10-33(2)11-9-18)39-25-14-26(40-28(25)29(31)35)34-16-32-20-12-23(36-3)24(37-4)13-21(20)34/h5-7,12-14,16-18H,8-11,15H2,1-4H3,(H2,31,35). The predicted octanol–water partition coefficient (Wildman–Crippen LogP) is 5.72. The van der Waals surface area contributed by atoms with Gasteiger partial charge in [-0.1, -0.05) is 23.7 Å². The molecule has 1 unspecified atom stereocenters. The zero-order valence-corrected chi connectivity index (χ0v) is 24.6. The van der Waals surface area contributed by atoms with Gasteiger partial charge in [-0.3, -0.25) is 9.36 Å². The van der Waals surface area contributed by atoms with E-state index >= 15 is 0 Å². The van der Waals surface area contributed by atoms with Crippen LogP contribution in [0.1, 0.15) is 41.1 Å². The molecule has 0 spiro atoms. The summed E-state index contributed by atoms with van der Waals surface area (Å²) in [4.78, 5) is 19.5. The molecule has 1 fully saturated rings. The molecule has 1 saturated heterocycles. The van der Waals surface area contributed by atoms with E-state index < -0.39 is 12.0 Å². The van der Waals surface area contributed by atoms with E-state index in [1.165, 1.54) is 11.3 Å². The number of methoxy groups -OCH3 is 2. The van der Waals surface area contributed by atoms with E-state index in [9.17, 15) is 4.79 Å². The first-order valence-corrected chi connectivity index (χ1v) is 14.3. The van der Waals surface area contributed by atoms with E-state index in [1.54, 1.807) is 32.7 Å². The molecule has 9 nitrogen and oxygen atoms in total. The first-order valence-electron chi connectivity index (χ1n) is 13.1. The summed E-state index contributed by atoms with van der Waals surface area (Å²) >= 11 is 8.00. The molecule has 4 aromatic rings. The van der Waals surface area contributed by atoms with Gasteiger partial charge in [0.05, 0.1) is 36.9 Å². The fourth-order valence-electron chi connectivity index (χ4n) is 4.90. The van der Waals surface area contributed by atoms with E-state index in [2.05, 4.69) is 16.9 Å². The number of nitrogens with zero attached hydrogens (tertiary/aromatic N) is 3. The van der Waals surface area contributed by atoms with Crippen LogP contribution in [0.25, 0.3) is 16.0 Å². The van der Waals surface area contributed by atoms with Crippen molar-refractivity contribution in [2.24, 2.45) is 11.7 Å². The minimum atomic E-state index is -0.580. The lowest BCUT2D eigenvalue weighted by Crippen LogP contribution is -2.32. The first kappa shape index (κ1) is 28.1. The number of carbonyl (C=O) groups is 1. The van der Waals surface area contributed by atoms with Crippen molar-refractivity contribution in [2.45, 2.75) is 25.9 Å². The number of nitrogens with two attached hydrogens (primary N) is 1. The Morgan fingerprint density at radius 2 is 1.85 bits per heavy atom. The summed E-state index contributed by atoms with van der Waals surface area (Å²) in [5.41, 5.74) is 8.00. The molecule has 0 aliphatic carbocycles. The zero-order valence-electron chi connectivity index (χ0n) is 23.0. The number of hydrogen-bond donors (Lipinski definition) is 1. The van der Waals surface area contributed by atoms with Crippen molar-refractivity contribution < 1.29 is 23.7 Å². The van der Waals surface area contributed by atoms with Crippen LogP contribution in [-0.4, -0.2) is 61.3 Å². The molecule has 1 atom stereocenters. The highest BCUT2D eigenvalue weighted by Gasteiger charge is 2.23. The minimum Gasteiger partial charge on any atom is -0.493 e. The third-order valence-corrected chi connectivity index (χ3v) is 8.78. The molecule has 5 rings (SSSR count). The highest BCUT2D eigenvalue weighted by atomic mass is 35.5. The first-order chi connectivity index (χ1) is 19.3. The number of likely N-dealkylation sites (tertiary alicyclic amines) is 1. The van der Waals surface area contributed by atoms with Crippen molar-refractivity contribution in [3.8, 4) is 28.0 Å². The third kappa shape index (κ3) is 5.70. The number of ether oxygens (including phenoxy) is 4. The van der Waals surface area contributed by atoms with Crippen LogP contribution in [-0.2, 0) is 0 Å². The SMILES string of the molecule is COc1cc2ncn(-c3cc(OC(C)c4cccc(OCC5CCN(C)CC5)c4Cl)c(C(N)=O)s3)c2cc1OC. The fourth-order valence-corrected chi connectivity index (χ4v) is 6.16. The van der Waals surface area contributed by atoms with Gasteiger partial charge in [0.1, 0.15) is 33.8 Å². The monoisotopic (exact) mass is 584 g/mol. The van der Waals surface area contributed by atoms with Crippen molar-refractivity contribution in [3.63, 3.8) is 0 Å². The number of halogens is 1. The molecule has 0 saturated carbocycles. The van der Waals surface area contributed by atoms with Crippen molar-refractivity contribution in [1.82, 2.24) is 14.5 Å². The van der Waals surface area contributed by atoms with E-state index in [4.69, 9.17) is 36.3 Å². The molecule has 1 aliphatic heterocycles. The van der Waals surface area contributed by atoms with Crippen LogP contribution in [0.3, 0.4) is 0 Å². The molecule has 212 valence electrons. The number of benzene rings is 2. The molecular formula is C29H33ClN4O5S. The van der Waals surface area contributed by atoms with Gasteiger partial charge >= 0.3 is 0 Å². The van der Waals surface area contributed by atoms with Gasteiger partial charge in [-0.15, -0.1) is 11.3 Å². The molecule has 2 aromatic carbocycles. The number of hydrogen-bond acceptors (Lipinski definition) is 8. The average Bonchev–Trinajstić information content (AvgIpc) is 3.56. The quantitative estimate of drug-likeness (QED) is 0.254. The highest BCUT2D eigenvalue weighted by Crippen LogP contribution is 2.40. The normalized spacial score (nSPS) is 15.2. The van der Waals surface area contributed by atoms with Crippen LogP contribution >= 0.6 is 22.9 Å². The number of thiophene rings is 1. The van der Waals surface area contributed by atoms with E-state index in [0.29, 0.717) is 55.9 Å². The Kier molecular flexibility index (Phi) is 8.39. The summed E-state index contributed by atoms with van der Waals surface area (Å²) < 4.78 is 25.1. The van der Waals surface area contributed by atoms with Crippen LogP contribution in [0.4, 0.5) is 0 Å². The maximum absolute atomic E-state index is 12.4. The molecule has 0 bridgehead atoms. The second-order valence-electron chi connectivity index (χ2n) is 9.93. The Morgan fingerprint density at radius 3 is 2.55 bits per heavy atom. The average molecular weight is 585 g/mol. The van der Waals surface area contributed by atoms with Gasteiger partial charge in [-0.2, -0.15) is 0 Å². The molecule has 1 aliphatic rings. The largest absolute Gasteiger partial charge is 0.493 e. The molecule has 1 amide bonds. The lowest BCUT2D eigenvalue weighted by atomic mass is 9.98. The fraction of sp³-hybridized carbons (Fsp3) is 0.379. The Morgan fingerprint density at radius 1 is 1.12 bits per heavy atom. The maximum Gasteiger partial charge on any atom is 0.262 e. The Hall–Kier alpha value is -3.47. The number of aromatic nitrogens is 2. The molecule has 40 heavy (non-hydrogen) atoms. The summed E-state index contributed by atoms with van der Waals surface area (Å²) in [6, 6.07) is 11.1. The molecule has 2 aromatic heterocycles. The number of fused-ring (bicyclic) bond motifs is 1. The summed E-state index contributed by atoms with van der Waals surface area (Å²) in [7, 11) is 5.30. The Balaban J connectivity index is 1.38. The minimum absolute atomic E-state index is 0.301. The summed E-state index contributed by atoms with van der Waals surface area (Å²) in [5.74, 6) is 2.08. The molecule has 2 N–H and O–H groups in total. The maximum atomic E-state index is 12.4. The van der Waals surface area contributed by atoms with Crippen LogP contribution in [0.2, 0.25) is 5.02 Å². The Labute approximate surface area is 242 Å².